The Morgan fingerprint density at radius 1 is 1.32 bits per heavy atom. The summed E-state index contributed by atoms with van der Waals surface area (Å²) >= 11 is 0. The van der Waals surface area contributed by atoms with Crippen LogP contribution < -0.4 is 5.14 Å². The lowest BCUT2D eigenvalue weighted by atomic mass is 10.1. The zero-order valence-corrected chi connectivity index (χ0v) is 13.3. The van der Waals surface area contributed by atoms with Crippen molar-refractivity contribution in [2.24, 2.45) is 5.14 Å². The van der Waals surface area contributed by atoms with Crippen molar-refractivity contribution in [1.29, 1.82) is 0 Å². The molecular weight excluding hydrogens is 304 g/mol. The lowest BCUT2D eigenvalue weighted by Gasteiger charge is -2.20. The van der Waals surface area contributed by atoms with Gasteiger partial charge < -0.3 is 9.32 Å². The van der Waals surface area contributed by atoms with Gasteiger partial charge in [0.05, 0.1) is 17.4 Å². The number of carbonyl (C=O) groups excluding carboxylic acids is 1. The number of benzene rings is 1. The number of hydrogen-bond acceptors (Lipinski definition) is 4. The molecule has 0 aliphatic rings. The van der Waals surface area contributed by atoms with E-state index >= 15 is 0 Å². The fraction of sp³-hybridized carbons (Fsp3) is 0.267. The van der Waals surface area contributed by atoms with Crippen LogP contribution in [0.5, 0.6) is 0 Å². The molecule has 2 N–H and O–H groups in total. The van der Waals surface area contributed by atoms with Crippen LogP contribution in [-0.2, 0) is 16.6 Å². The highest BCUT2D eigenvalue weighted by Crippen LogP contribution is 2.18. The van der Waals surface area contributed by atoms with Gasteiger partial charge in [0, 0.05) is 24.2 Å². The molecule has 0 fully saturated rings. The monoisotopic (exact) mass is 322 g/mol. The highest BCUT2D eigenvalue weighted by atomic mass is 32.2. The zero-order chi connectivity index (χ0) is 16.3. The Labute approximate surface area is 129 Å². The quantitative estimate of drug-likeness (QED) is 0.909. The maximum absolute atomic E-state index is 12.6. The molecule has 0 bridgehead atoms. The number of aryl methyl sites for hydroxylation is 1. The summed E-state index contributed by atoms with van der Waals surface area (Å²) in [5, 5.41) is 5.18. The Hall–Kier alpha value is -2.12. The molecule has 0 aliphatic carbocycles. The number of carbonyl (C=O) groups is 1. The molecule has 1 amide bonds. The topological polar surface area (TPSA) is 93.6 Å². The standard InChI is InChI=1S/C15H18N2O4S/c1-3-17(9-12-6-7-21-10-12)15(18)13-5-4-11(2)14(8-13)22(16,19)20/h4-8,10H,3,9H2,1-2H3,(H2,16,19,20). The number of nitrogens with zero attached hydrogens (tertiary/aromatic N) is 1. The molecular formula is C15H18N2O4S. The van der Waals surface area contributed by atoms with E-state index < -0.39 is 10.0 Å². The van der Waals surface area contributed by atoms with Crippen LogP contribution in [0, 0.1) is 6.92 Å². The third-order valence-electron chi connectivity index (χ3n) is 3.36. The van der Waals surface area contributed by atoms with Crippen molar-refractivity contribution in [3.05, 3.63) is 53.5 Å². The summed E-state index contributed by atoms with van der Waals surface area (Å²) in [6, 6.07) is 6.29. The smallest absolute Gasteiger partial charge is 0.254 e. The molecule has 2 aromatic rings. The zero-order valence-electron chi connectivity index (χ0n) is 12.4. The summed E-state index contributed by atoms with van der Waals surface area (Å²) in [6.07, 6.45) is 3.11. The van der Waals surface area contributed by atoms with Crippen LogP contribution in [0.1, 0.15) is 28.4 Å². The average Bonchev–Trinajstić information content (AvgIpc) is 2.96. The minimum absolute atomic E-state index is 0.0299. The Balaban J connectivity index is 2.32. The van der Waals surface area contributed by atoms with Gasteiger partial charge in [-0.25, -0.2) is 13.6 Å². The van der Waals surface area contributed by atoms with Crippen molar-refractivity contribution in [1.82, 2.24) is 4.90 Å². The molecule has 0 saturated heterocycles. The van der Waals surface area contributed by atoms with Gasteiger partial charge in [-0.15, -0.1) is 0 Å². The molecule has 0 aliphatic heterocycles. The first kappa shape index (κ1) is 16.3. The lowest BCUT2D eigenvalue weighted by molar-refractivity contribution is 0.0752. The summed E-state index contributed by atoms with van der Waals surface area (Å²) < 4.78 is 28.1. The van der Waals surface area contributed by atoms with E-state index in [-0.39, 0.29) is 10.8 Å². The van der Waals surface area contributed by atoms with E-state index in [1.807, 2.05) is 6.92 Å². The van der Waals surface area contributed by atoms with Gasteiger partial charge >= 0.3 is 0 Å². The van der Waals surface area contributed by atoms with E-state index in [9.17, 15) is 13.2 Å². The van der Waals surface area contributed by atoms with Gasteiger partial charge in [0.15, 0.2) is 0 Å². The van der Waals surface area contributed by atoms with Gasteiger partial charge in [0.1, 0.15) is 0 Å². The number of hydrogen-bond donors (Lipinski definition) is 1. The van der Waals surface area contributed by atoms with Crippen molar-refractivity contribution < 1.29 is 17.6 Å². The van der Waals surface area contributed by atoms with Crippen LogP contribution in [0.4, 0.5) is 0 Å². The molecule has 0 unspecified atom stereocenters. The molecule has 22 heavy (non-hydrogen) atoms. The molecule has 6 nitrogen and oxygen atoms in total. The van der Waals surface area contributed by atoms with Crippen LogP contribution in [0.15, 0.2) is 46.1 Å². The highest BCUT2D eigenvalue weighted by molar-refractivity contribution is 7.89. The normalized spacial score (nSPS) is 11.4. The Bertz CT molecular complexity index is 767. The fourth-order valence-corrected chi connectivity index (χ4v) is 2.96. The number of sulfonamides is 1. The second-order valence-corrected chi connectivity index (χ2v) is 6.51. The van der Waals surface area contributed by atoms with Crippen molar-refractivity contribution in [2.75, 3.05) is 6.54 Å². The van der Waals surface area contributed by atoms with Crippen molar-refractivity contribution in [2.45, 2.75) is 25.3 Å². The van der Waals surface area contributed by atoms with Gasteiger partial charge in [-0.05, 0) is 37.6 Å². The Morgan fingerprint density at radius 2 is 2.05 bits per heavy atom. The molecule has 7 heteroatoms. The minimum Gasteiger partial charge on any atom is -0.472 e. The van der Waals surface area contributed by atoms with E-state index in [0.717, 1.165) is 5.56 Å². The predicted molar refractivity (Wildman–Crippen MR) is 81.7 cm³/mol. The largest absolute Gasteiger partial charge is 0.472 e. The highest BCUT2D eigenvalue weighted by Gasteiger charge is 2.19. The van der Waals surface area contributed by atoms with Crippen LogP contribution >= 0.6 is 0 Å². The van der Waals surface area contributed by atoms with Gasteiger partial charge in [-0.3, -0.25) is 4.79 Å². The summed E-state index contributed by atoms with van der Waals surface area (Å²) in [7, 11) is -3.86. The van der Waals surface area contributed by atoms with Crippen molar-refractivity contribution >= 4 is 15.9 Å². The first-order chi connectivity index (χ1) is 10.3. The first-order valence-electron chi connectivity index (χ1n) is 6.76. The van der Waals surface area contributed by atoms with Crippen LogP contribution in [0.2, 0.25) is 0 Å². The summed E-state index contributed by atoms with van der Waals surface area (Å²) in [5.41, 5.74) is 1.67. The molecule has 0 spiro atoms. The van der Waals surface area contributed by atoms with Gasteiger partial charge in [-0.1, -0.05) is 6.07 Å². The van der Waals surface area contributed by atoms with E-state index in [4.69, 9.17) is 9.56 Å². The van der Waals surface area contributed by atoms with Crippen LogP contribution in [0.25, 0.3) is 0 Å². The first-order valence-corrected chi connectivity index (χ1v) is 8.31. The van der Waals surface area contributed by atoms with E-state index in [2.05, 4.69) is 0 Å². The molecule has 1 heterocycles. The van der Waals surface area contributed by atoms with Gasteiger partial charge in [0.25, 0.3) is 5.91 Å². The van der Waals surface area contributed by atoms with Crippen LogP contribution in [0.3, 0.4) is 0 Å². The molecule has 0 saturated carbocycles. The summed E-state index contributed by atoms with van der Waals surface area (Å²) in [6.45, 7) is 4.37. The summed E-state index contributed by atoms with van der Waals surface area (Å²) in [5.74, 6) is -0.256. The van der Waals surface area contributed by atoms with Crippen LogP contribution in [-0.4, -0.2) is 25.8 Å². The number of primary sulfonamides is 1. The Morgan fingerprint density at radius 3 is 2.59 bits per heavy atom. The second kappa shape index (κ2) is 6.33. The molecule has 1 aromatic carbocycles. The van der Waals surface area contributed by atoms with Crippen molar-refractivity contribution in [3.63, 3.8) is 0 Å². The average molecular weight is 322 g/mol. The number of nitrogens with two attached hydrogens (primary N) is 1. The third kappa shape index (κ3) is 3.55. The number of amides is 1. The van der Waals surface area contributed by atoms with Gasteiger partial charge in [-0.2, -0.15) is 0 Å². The lowest BCUT2D eigenvalue weighted by Crippen LogP contribution is -2.30. The van der Waals surface area contributed by atoms with E-state index in [1.165, 1.54) is 6.07 Å². The fourth-order valence-electron chi connectivity index (χ4n) is 2.15. The number of furan rings is 1. The van der Waals surface area contributed by atoms with Gasteiger partial charge in [0.2, 0.25) is 10.0 Å². The third-order valence-corrected chi connectivity index (χ3v) is 4.42. The summed E-state index contributed by atoms with van der Waals surface area (Å²) in [4.78, 5) is 14.1. The predicted octanol–water partition coefficient (Wildman–Crippen LogP) is 1.90. The molecule has 118 valence electrons. The second-order valence-electron chi connectivity index (χ2n) is 4.98. The van der Waals surface area contributed by atoms with E-state index in [1.54, 1.807) is 42.5 Å². The molecule has 1 aromatic heterocycles. The molecule has 2 rings (SSSR count). The SMILES string of the molecule is CCN(Cc1ccoc1)C(=O)c1ccc(C)c(S(N)(=O)=O)c1. The van der Waals surface area contributed by atoms with Crippen molar-refractivity contribution in [3.8, 4) is 0 Å². The molecule has 0 radical (unpaired) electrons. The maximum Gasteiger partial charge on any atom is 0.254 e. The minimum atomic E-state index is -3.86. The van der Waals surface area contributed by atoms with E-state index in [0.29, 0.717) is 24.2 Å². The molecule has 0 atom stereocenters. The number of rotatable bonds is 5. The Kier molecular flexibility index (Phi) is 4.68. The maximum atomic E-state index is 12.6.